The molecule has 2 amide bonds. The van der Waals surface area contributed by atoms with Gasteiger partial charge in [-0.1, -0.05) is 49.7 Å². The monoisotopic (exact) mass is 384 g/mol. The van der Waals surface area contributed by atoms with Crippen molar-refractivity contribution in [2.24, 2.45) is 5.92 Å². The molecular formula is C21H21ClN2O3. The minimum Gasteiger partial charge on any atom is -0.495 e. The number of imide groups is 1. The van der Waals surface area contributed by atoms with Gasteiger partial charge in [0, 0.05) is 11.6 Å². The number of halogens is 1. The normalized spacial score (nSPS) is 14.3. The average Bonchev–Trinajstić information content (AvgIpc) is 2.87. The van der Waals surface area contributed by atoms with Crippen molar-refractivity contribution in [1.82, 2.24) is 4.90 Å². The van der Waals surface area contributed by atoms with E-state index in [2.05, 4.69) is 5.32 Å². The Hall–Kier alpha value is -2.79. The van der Waals surface area contributed by atoms with E-state index >= 15 is 0 Å². The van der Waals surface area contributed by atoms with E-state index in [0.29, 0.717) is 34.1 Å². The van der Waals surface area contributed by atoms with Crippen LogP contribution in [0, 0.1) is 5.92 Å². The maximum Gasteiger partial charge on any atom is 0.278 e. The summed E-state index contributed by atoms with van der Waals surface area (Å²) in [6, 6.07) is 14.1. The lowest BCUT2D eigenvalue weighted by Crippen LogP contribution is -2.35. The number of carbonyl (C=O) groups is 2. The van der Waals surface area contributed by atoms with E-state index in [9.17, 15) is 9.59 Å². The van der Waals surface area contributed by atoms with Crippen LogP contribution in [0.1, 0.15) is 19.4 Å². The van der Waals surface area contributed by atoms with Gasteiger partial charge in [-0.2, -0.15) is 0 Å². The number of carbonyl (C=O) groups excluding carboxylic acids is 2. The fraction of sp³-hybridized carbons (Fsp3) is 0.238. The molecule has 2 aromatic carbocycles. The SMILES string of the molecule is COc1ccccc1NC1=C(c2ccc(Cl)cc2)C(=O)N(CC(C)C)C1=O. The van der Waals surface area contributed by atoms with Crippen LogP contribution in [0.25, 0.3) is 5.57 Å². The lowest BCUT2D eigenvalue weighted by molar-refractivity contribution is -0.137. The first-order valence-electron chi connectivity index (χ1n) is 8.68. The Morgan fingerprint density at radius 3 is 2.33 bits per heavy atom. The molecule has 0 unspecified atom stereocenters. The first-order chi connectivity index (χ1) is 12.9. The summed E-state index contributed by atoms with van der Waals surface area (Å²) < 4.78 is 5.35. The molecule has 0 saturated carbocycles. The van der Waals surface area contributed by atoms with Gasteiger partial charge < -0.3 is 10.1 Å². The highest BCUT2D eigenvalue weighted by Crippen LogP contribution is 2.33. The molecule has 0 radical (unpaired) electrons. The van der Waals surface area contributed by atoms with E-state index in [1.165, 1.54) is 4.90 Å². The van der Waals surface area contributed by atoms with Crippen LogP contribution in [0.4, 0.5) is 5.69 Å². The van der Waals surface area contributed by atoms with E-state index in [4.69, 9.17) is 16.3 Å². The molecule has 27 heavy (non-hydrogen) atoms. The van der Waals surface area contributed by atoms with Crippen LogP contribution < -0.4 is 10.1 Å². The maximum atomic E-state index is 13.0. The number of nitrogens with one attached hydrogen (secondary N) is 1. The number of hydrogen-bond acceptors (Lipinski definition) is 4. The molecule has 0 atom stereocenters. The summed E-state index contributed by atoms with van der Waals surface area (Å²) in [4.78, 5) is 27.3. The Morgan fingerprint density at radius 2 is 1.70 bits per heavy atom. The Labute approximate surface area is 163 Å². The second-order valence-corrected chi connectivity index (χ2v) is 7.13. The zero-order chi connectivity index (χ0) is 19.6. The fourth-order valence-electron chi connectivity index (χ4n) is 2.99. The van der Waals surface area contributed by atoms with Gasteiger partial charge in [-0.15, -0.1) is 0 Å². The molecule has 1 aliphatic rings. The Kier molecular flexibility index (Phi) is 5.51. The second kappa shape index (κ2) is 7.84. The highest BCUT2D eigenvalue weighted by molar-refractivity contribution is 6.37. The summed E-state index contributed by atoms with van der Waals surface area (Å²) in [6.07, 6.45) is 0. The summed E-state index contributed by atoms with van der Waals surface area (Å²) in [5.41, 5.74) is 1.84. The summed E-state index contributed by atoms with van der Waals surface area (Å²) in [6.45, 7) is 4.29. The van der Waals surface area contributed by atoms with Crippen LogP contribution in [0.3, 0.4) is 0 Å². The molecule has 1 N–H and O–H groups in total. The van der Waals surface area contributed by atoms with Gasteiger partial charge in [0.1, 0.15) is 11.4 Å². The molecule has 1 heterocycles. The fourth-order valence-corrected chi connectivity index (χ4v) is 3.12. The molecule has 2 aromatic rings. The van der Waals surface area contributed by atoms with Crippen LogP contribution in [0.15, 0.2) is 54.2 Å². The summed E-state index contributed by atoms with van der Waals surface area (Å²) in [5, 5.41) is 3.68. The molecule has 0 aromatic heterocycles. The third kappa shape index (κ3) is 3.83. The average molecular weight is 385 g/mol. The zero-order valence-electron chi connectivity index (χ0n) is 15.5. The number of ether oxygens (including phenoxy) is 1. The zero-order valence-corrected chi connectivity index (χ0v) is 16.2. The highest BCUT2D eigenvalue weighted by Gasteiger charge is 2.39. The maximum absolute atomic E-state index is 13.0. The number of amides is 2. The minimum atomic E-state index is -0.343. The summed E-state index contributed by atoms with van der Waals surface area (Å²) in [5.74, 6) is 0.0935. The quantitative estimate of drug-likeness (QED) is 0.758. The van der Waals surface area contributed by atoms with E-state index in [1.807, 2.05) is 26.0 Å². The molecule has 0 saturated heterocycles. The second-order valence-electron chi connectivity index (χ2n) is 6.70. The number of hydrogen-bond donors (Lipinski definition) is 1. The van der Waals surface area contributed by atoms with Gasteiger partial charge in [-0.3, -0.25) is 14.5 Å². The first kappa shape index (κ1) is 19.0. The van der Waals surface area contributed by atoms with Gasteiger partial charge in [0.15, 0.2) is 0 Å². The lowest BCUT2D eigenvalue weighted by atomic mass is 10.0. The molecule has 0 aliphatic carbocycles. The van der Waals surface area contributed by atoms with E-state index in [1.54, 1.807) is 43.5 Å². The van der Waals surface area contributed by atoms with E-state index in [-0.39, 0.29) is 23.4 Å². The topological polar surface area (TPSA) is 58.6 Å². The van der Waals surface area contributed by atoms with Crippen LogP contribution >= 0.6 is 11.6 Å². The molecular weight excluding hydrogens is 364 g/mol. The van der Waals surface area contributed by atoms with Gasteiger partial charge in [0.25, 0.3) is 11.8 Å². The smallest absolute Gasteiger partial charge is 0.278 e. The highest BCUT2D eigenvalue weighted by atomic mass is 35.5. The van der Waals surface area contributed by atoms with Gasteiger partial charge in [-0.05, 0) is 35.7 Å². The lowest BCUT2D eigenvalue weighted by Gasteiger charge is -2.17. The predicted octanol–water partition coefficient (Wildman–Crippen LogP) is 4.20. The third-order valence-electron chi connectivity index (χ3n) is 4.22. The molecule has 0 fully saturated rings. The molecule has 0 bridgehead atoms. The number of benzene rings is 2. The Bertz CT molecular complexity index is 904. The number of methoxy groups -OCH3 is 1. The van der Waals surface area contributed by atoms with Crippen molar-refractivity contribution < 1.29 is 14.3 Å². The minimum absolute atomic E-state index is 0.162. The van der Waals surface area contributed by atoms with Crippen LogP contribution in [0.2, 0.25) is 5.02 Å². The molecule has 0 spiro atoms. The molecule has 6 heteroatoms. The van der Waals surface area contributed by atoms with E-state index in [0.717, 1.165) is 0 Å². The molecule has 5 nitrogen and oxygen atoms in total. The van der Waals surface area contributed by atoms with Gasteiger partial charge in [0.2, 0.25) is 0 Å². The molecule has 140 valence electrons. The van der Waals surface area contributed by atoms with E-state index < -0.39 is 0 Å². The van der Waals surface area contributed by atoms with Crippen LogP contribution in [-0.4, -0.2) is 30.4 Å². The van der Waals surface area contributed by atoms with Crippen LogP contribution in [0.5, 0.6) is 5.75 Å². The van der Waals surface area contributed by atoms with Crippen molar-refractivity contribution in [3.8, 4) is 5.75 Å². The predicted molar refractivity (Wildman–Crippen MR) is 107 cm³/mol. The number of nitrogens with zero attached hydrogens (tertiary/aromatic N) is 1. The Balaban J connectivity index is 2.09. The number of anilines is 1. The van der Waals surface area contributed by atoms with Gasteiger partial charge >= 0.3 is 0 Å². The van der Waals surface area contributed by atoms with Gasteiger partial charge in [0.05, 0.1) is 18.4 Å². The first-order valence-corrected chi connectivity index (χ1v) is 9.06. The van der Waals surface area contributed by atoms with Crippen molar-refractivity contribution in [2.45, 2.75) is 13.8 Å². The van der Waals surface area contributed by atoms with Crippen molar-refractivity contribution in [1.29, 1.82) is 0 Å². The van der Waals surface area contributed by atoms with Crippen molar-refractivity contribution >= 4 is 34.7 Å². The Morgan fingerprint density at radius 1 is 1.04 bits per heavy atom. The standard InChI is InChI=1S/C21H21ClN2O3/c1-13(2)12-24-20(25)18(14-8-10-15(22)11-9-14)19(21(24)26)23-16-6-4-5-7-17(16)27-3/h4-11,13,23H,12H2,1-3H3. The van der Waals surface area contributed by atoms with Crippen LogP contribution in [-0.2, 0) is 9.59 Å². The largest absolute Gasteiger partial charge is 0.495 e. The molecule has 1 aliphatic heterocycles. The number of para-hydroxylation sites is 2. The summed E-state index contributed by atoms with van der Waals surface area (Å²) >= 11 is 5.98. The van der Waals surface area contributed by atoms with Gasteiger partial charge in [-0.25, -0.2) is 0 Å². The number of rotatable bonds is 6. The van der Waals surface area contributed by atoms with Crippen molar-refractivity contribution in [3.05, 3.63) is 64.8 Å². The summed E-state index contributed by atoms with van der Waals surface area (Å²) in [7, 11) is 1.56. The molecule has 3 rings (SSSR count). The van der Waals surface area contributed by atoms with Crippen molar-refractivity contribution in [3.63, 3.8) is 0 Å². The van der Waals surface area contributed by atoms with Crippen molar-refractivity contribution in [2.75, 3.05) is 19.0 Å². The third-order valence-corrected chi connectivity index (χ3v) is 4.47.